The molecule has 3 rings (SSSR count). The minimum atomic E-state index is 1.14. The highest BCUT2D eigenvalue weighted by atomic mass is 15.1. The van der Waals surface area contributed by atoms with Crippen LogP contribution in [-0.4, -0.2) is 9.55 Å². The molecule has 2 nitrogen and oxygen atoms in total. The Morgan fingerprint density at radius 3 is 2.87 bits per heavy atom. The summed E-state index contributed by atoms with van der Waals surface area (Å²) in [7, 11) is 0. The van der Waals surface area contributed by atoms with Crippen molar-refractivity contribution in [1.29, 1.82) is 0 Å². The molecule has 0 atom stereocenters. The first-order valence-electron chi connectivity index (χ1n) is 5.81. The molecule has 0 amide bonds. The van der Waals surface area contributed by atoms with E-state index >= 15 is 0 Å². The molecule has 80 valence electrons. The van der Waals surface area contributed by atoms with Crippen LogP contribution >= 0.6 is 0 Å². The molecule has 2 heteroatoms. The van der Waals surface area contributed by atoms with Gasteiger partial charge in [0.15, 0.2) is 0 Å². The predicted octanol–water partition coefficient (Wildman–Crippen LogP) is 3.32. The van der Waals surface area contributed by atoms with Crippen LogP contribution in [0.15, 0.2) is 18.2 Å². The van der Waals surface area contributed by atoms with Gasteiger partial charge < -0.3 is 4.57 Å². The summed E-state index contributed by atoms with van der Waals surface area (Å²) in [4.78, 5) is 4.55. The number of imidazole rings is 1. The van der Waals surface area contributed by atoms with Crippen LogP contribution in [-0.2, 0) is 13.0 Å². The summed E-state index contributed by atoms with van der Waals surface area (Å²) in [5, 5.41) is 0. The maximum absolute atomic E-state index is 4.55. The van der Waals surface area contributed by atoms with E-state index in [1.54, 1.807) is 0 Å². The van der Waals surface area contributed by atoms with Gasteiger partial charge in [-0.25, -0.2) is 4.98 Å². The lowest BCUT2D eigenvalue weighted by atomic mass is 10.0. The molecule has 0 saturated heterocycles. The number of benzene rings is 1. The lowest BCUT2D eigenvalue weighted by molar-refractivity contribution is 0.617. The summed E-state index contributed by atoms with van der Waals surface area (Å²) >= 11 is 0. The van der Waals surface area contributed by atoms with Crippen molar-refractivity contribution in [2.75, 3.05) is 0 Å². The van der Waals surface area contributed by atoms with E-state index in [1.807, 2.05) is 13.8 Å². The standard InChI is InChI=1S/C11H12N2.C2H6/c1-8-12-10-6-2-4-9-5-3-7-13(8)11(9)10;1-2/h2,4,6H,3,5,7H2,1H3;1-2H3. The zero-order valence-electron chi connectivity index (χ0n) is 9.75. The van der Waals surface area contributed by atoms with Gasteiger partial charge in [-0.1, -0.05) is 26.0 Å². The molecular weight excluding hydrogens is 184 g/mol. The first-order valence-corrected chi connectivity index (χ1v) is 5.81. The van der Waals surface area contributed by atoms with Crippen molar-refractivity contribution in [3.8, 4) is 0 Å². The summed E-state index contributed by atoms with van der Waals surface area (Å²) in [5.41, 5.74) is 3.99. The van der Waals surface area contributed by atoms with Crippen molar-refractivity contribution in [3.63, 3.8) is 0 Å². The summed E-state index contributed by atoms with van der Waals surface area (Å²) in [6.45, 7) is 7.23. The Morgan fingerprint density at radius 1 is 1.27 bits per heavy atom. The third-order valence-corrected chi connectivity index (χ3v) is 2.87. The SMILES string of the molecule is CC.Cc1nc2cccc3c2n1CCC3. The summed E-state index contributed by atoms with van der Waals surface area (Å²) in [6.07, 6.45) is 2.46. The maximum atomic E-state index is 4.55. The van der Waals surface area contributed by atoms with Crippen LogP contribution in [0.25, 0.3) is 11.0 Å². The molecule has 1 aromatic carbocycles. The molecule has 1 aliphatic rings. The van der Waals surface area contributed by atoms with Crippen molar-refractivity contribution < 1.29 is 0 Å². The van der Waals surface area contributed by atoms with Gasteiger partial charge >= 0.3 is 0 Å². The van der Waals surface area contributed by atoms with Crippen molar-refractivity contribution >= 4 is 11.0 Å². The predicted molar refractivity (Wildman–Crippen MR) is 64.1 cm³/mol. The summed E-state index contributed by atoms with van der Waals surface area (Å²) < 4.78 is 2.34. The minimum absolute atomic E-state index is 1.14. The van der Waals surface area contributed by atoms with Crippen LogP contribution in [0, 0.1) is 6.92 Å². The van der Waals surface area contributed by atoms with Crippen LogP contribution in [0.5, 0.6) is 0 Å². The average Bonchev–Trinajstić information content (AvgIpc) is 2.62. The van der Waals surface area contributed by atoms with E-state index in [2.05, 4.69) is 34.7 Å². The topological polar surface area (TPSA) is 17.8 Å². The van der Waals surface area contributed by atoms with Gasteiger partial charge in [0.05, 0.1) is 11.0 Å². The summed E-state index contributed by atoms with van der Waals surface area (Å²) in [6, 6.07) is 6.44. The minimum Gasteiger partial charge on any atom is -0.328 e. The molecule has 0 radical (unpaired) electrons. The van der Waals surface area contributed by atoms with E-state index in [9.17, 15) is 0 Å². The van der Waals surface area contributed by atoms with E-state index < -0.39 is 0 Å². The highest BCUT2D eigenvalue weighted by Crippen LogP contribution is 2.25. The van der Waals surface area contributed by atoms with Gasteiger partial charge in [0.1, 0.15) is 5.82 Å². The number of hydrogen-bond acceptors (Lipinski definition) is 1. The Kier molecular flexibility index (Phi) is 2.76. The van der Waals surface area contributed by atoms with Crippen LogP contribution in [0.4, 0.5) is 0 Å². The third-order valence-electron chi connectivity index (χ3n) is 2.87. The number of nitrogens with zero attached hydrogens (tertiary/aromatic N) is 2. The van der Waals surface area contributed by atoms with Crippen LogP contribution in [0.3, 0.4) is 0 Å². The van der Waals surface area contributed by atoms with Gasteiger partial charge in [-0.2, -0.15) is 0 Å². The van der Waals surface area contributed by atoms with Gasteiger partial charge in [0.25, 0.3) is 0 Å². The summed E-state index contributed by atoms with van der Waals surface area (Å²) in [5.74, 6) is 1.15. The van der Waals surface area contributed by atoms with Crippen molar-refractivity contribution in [3.05, 3.63) is 29.6 Å². The number of rotatable bonds is 0. The smallest absolute Gasteiger partial charge is 0.106 e. The molecule has 1 aliphatic heterocycles. The molecule has 0 N–H and O–H groups in total. The second-order valence-electron chi connectivity index (χ2n) is 3.70. The Morgan fingerprint density at radius 2 is 2.07 bits per heavy atom. The molecule has 2 aromatic rings. The zero-order valence-corrected chi connectivity index (χ0v) is 9.75. The quantitative estimate of drug-likeness (QED) is 0.641. The largest absolute Gasteiger partial charge is 0.328 e. The van der Waals surface area contributed by atoms with Gasteiger partial charge in [-0.05, 0) is 31.4 Å². The van der Waals surface area contributed by atoms with Crippen LogP contribution < -0.4 is 0 Å². The van der Waals surface area contributed by atoms with Crippen LogP contribution in [0.2, 0.25) is 0 Å². The fourth-order valence-electron chi connectivity index (χ4n) is 2.28. The number of hydrogen-bond donors (Lipinski definition) is 0. The van der Waals surface area contributed by atoms with E-state index in [-0.39, 0.29) is 0 Å². The Hall–Kier alpha value is -1.31. The Bertz CT molecular complexity index is 469. The Balaban J connectivity index is 0.000000404. The molecule has 0 spiro atoms. The van der Waals surface area contributed by atoms with Gasteiger partial charge in [0.2, 0.25) is 0 Å². The lowest BCUT2D eigenvalue weighted by Gasteiger charge is -2.15. The van der Waals surface area contributed by atoms with Gasteiger partial charge in [-0.15, -0.1) is 0 Å². The highest BCUT2D eigenvalue weighted by molar-refractivity contribution is 5.80. The molecule has 2 heterocycles. The second kappa shape index (κ2) is 4.05. The Labute approximate surface area is 90.9 Å². The van der Waals surface area contributed by atoms with E-state index in [0.29, 0.717) is 0 Å². The third kappa shape index (κ3) is 1.54. The average molecular weight is 202 g/mol. The second-order valence-corrected chi connectivity index (χ2v) is 3.70. The van der Waals surface area contributed by atoms with Crippen LogP contribution in [0.1, 0.15) is 31.7 Å². The first-order chi connectivity index (χ1) is 7.36. The van der Waals surface area contributed by atoms with Gasteiger partial charge in [0, 0.05) is 6.54 Å². The number of aromatic nitrogens is 2. The fourth-order valence-corrected chi connectivity index (χ4v) is 2.28. The van der Waals surface area contributed by atoms with E-state index in [4.69, 9.17) is 0 Å². The zero-order chi connectivity index (χ0) is 10.8. The molecule has 0 saturated carbocycles. The molecular formula is C13H18N2. The lowest BCUT2D eigenvalue weighted by Crippen LogP contribution is -2.08. The van der Waals surface area contributed by atoms with Crippen molar-refractivity contribution in [1.82, 2.24) is 9.55 Å². The van der Waals surface area contributed by atoms with E-state index in [1.165, 1.54) is 23.9 Å². The molecule has 0 aliphatic carbocycles. The molecule has 0 fully saturated rings. The van der Waals surface area contributed by atoms with Crippen molar-refractivity contribution in [2.24, 2.45) is 0 Å². The normalized spacial score (nSPS) is 13.5. The molecule has 0 bridgehead atoms. The first kappa shape index (κ1) is 10.2. The van der Waals surface area contributed by atoms with Gasteiger partial charge in [-0.3, -0.25) is 0 Å². The fraction of sp³-hybridized carbons (Fsp3) is 0.462. The molecule has 0 unspecified atom stereocenters. The maximum Gasteiger partial charge on any atom is 0.106 e. The highest BCUT2D eigenvalue weighted by Gasteiger charge is 2.14. The molecule has 15 heavy (non-hydrogen) atoms. The number of aryl methyl sites for hydroxylation is 3. The van der Waals surface area contributed by atoms with Crippen molar-refractivity contribution in [2.45, 2.75) is 40.2 Å². The molecule has 1 aromatic heterocycles. The monoisotopic (exact) mass is 202 g/mol. The van der Waals surface area contributed by atoms with E-state index in [0.717, 1.165) is 17.9 Å². The number of para-hydroxylation sites is 1.